The number of hydrogen-bond donors (Lipinski definition) is 1. The highest BCUT2D eigenvalue weighted by atomic mass is 35.5. The zero-order valence-corrected chi connectivity index (χ0v) is 8.10. The number of furan rings is 1. The summed E-state index contributed by atoms with van der Waals surface area (Å²) in [5, 5.41) is 9.66. The standard InChI is InChI=1S/C7H6ClN3OS/c8-6-4(1-2-12-6)7-11-10-5(3-9)13-7/h1-2H,3,9H2. The third-order valence-corrected chi connectivity index (χ3v) is 2.76. The largest absolute Gasteiger partial charge is 0.452 e. The minimum Gasteiger partial charge on any atom is -0.452 e. The normalized spacial score (nSPS) is 10.6. The maximum Gasteiger partial charge on any atom is 0.203 e. The molecule has 0 bridgehead atoms. The zero-order chi connectivity index (χ0) is 9.26. The third-order valence-electron chi connectivity index (χ3n) is 1.49. The van der Waals surface area contributed by atoms with E-state index >= 15 is 0 Å². The van der Waals surface area contributed by atoms with Crippen LogP contribution < -0.4 is 5.73 Å². The van der Waals surface area contributed by atoms with Gasteiger partial charge in [0.15, 0.2) is 5.01 Å². The first-order chi connectivity index (χ1) is 6.31. The molecule has 4 nitrogen and oxygen atoms in total. The number of halogens is 1. The fourth-order valence-electron chi connectivity index (χ4n) is 0.891. The van der Waals surface area contributed by atoms with Gasteiger partial charge in [-0.25, -0.2) is 0 Å². The fourth-order valence-corrected chi connectivity index (χ4v) is 1.89. The Balaban J connectivity index is 2.41. The molecular weight excluding hydrogens is 210 g/mol. The summed E-state index contributed by atoms with van der Waals surface area (Å²) in [6.07, 6.45) is 1.52. The Labute approximate surface area is 83.3 Å². The summed E-state index contributed by atoms with van der Waals surface area (Å²) in [6.45, 7) is 0.396. The Bertz CT molecular complexity index is 411. The van der Waals surface area contributed by atoms with Crippen LogP contribution in [0, 0.1) is 0 Å². The van der Waals surface area contributed by atoms with E-state index in [1.165, 1.54) is 17.6 Å². The van der Waals surface area contributed by atoms with Crippen LogP contribution in [0.4, 0.5) is 0 Å². The summed E-state index contributed by atoms with van der Waals surface area (Å²) in [5.74, 6) is 0. The molecule has 6 heteroatoms. The molecule has 0 saturated heterocycles. The molecule has 13 heavy (non-hydrogen) atoms. The molecule has 0 amide bonds. The lowest BCUT2D eigenvalue weighted by atomic mass is 10.4. The van der Waals surface area contributed by atoms with Crippen LogP contribution in [0.3, 0.4) is 0 Å². The number of nitrogens with two attached hydrogens (primary N) is 1. The van der Waals surface area contributed by atoms with Gasteiger partial charge in [-0.2, -0.15) is 0 Å². The molecule has 68 valence electrons. The van der Waals surface area contributed by atoms with Crippen molar-refractivity contribution in [3.8, 4) is 10.6 Å². The summed E-state index contributed by atoms with van der Waals surface area (Å²) in [4.78, 5) is 0. The van der Waals surface area contributed by atoms with Gasteiger partial charge in [0.2, 0.25) is 5.22 Å². The molecule has 0 aliphatic carbocycles. The first-order valence-corrected chi connectivity index (χ1v) is 4.76. The first kappa shape index (κ1) is 8.68. The second-order valence-corrected chi connectivity index (χ2v) is 3.72. The van der Waals surface area contributed by atoms with E-state index in [-0.39, 0.29) is 0 Å². The second kappa shape index (κ2) is 3.45. The molecule has 0 aliphatic heterocycles. The van der Waals surface area contributed by atoms with Gasteiger partial charge in [0.1, 0.15) is 5.01 Å². The monoisotopic (exact) mass is 215 g/mol. The molecule has 0 unspecified atom stereocenters. The van der Waals surface area contributed by atoms with Crippen molar-refractivity contribution in [1.82, 2.24) is 10.2 Å². The first-order valence-electron chi connectivity index (χ1n) is 3.57. The van der Waals surface area contributed by atoms with Gasteiger partial charge < -0.3 is 10.2 Å². The fraction of sp³-hybridized carbons (Fsp3) is 0.143. The van der Waals surface area contributed by atoms with Gasteiger partial charge in [-0.1, -0.05) is 11.3 Å². The maximum absolute atomic E-state index is 5.77. The van der Waals surface area contributed by atoms with Crippen molar-refractivity contribution >= 4 is 22.9 Å². The second-order valence-electron chi connectivity index (χ2n) is 2.31. The van der Waals surface area contributed by atoms with Crippen LogP contribution in [0.2, 0.25) is 5.22 Å². The van der Waals surface area contributed by atoms with Crippen LogP contribution in [-0.2, 0) is 6.54 Å². The molecule has 2 aromatic rings. The smallest absolute Gasteiger partial charge is 0.203 e. The molecule has 2 aromatic heterocycles. The lowest BCUT2D eigenvalue weighted by Gasteiger charge is -1.86. The van der Waals surface area contributed by atoms with Crippen LogP contribution in [0.25, 0.3) is 10.6 Å². The Morgan fingerprint density at radius 2 is 2.38 bits per heavy atom. The molecule has 0 atom stereocenters. The lowest BCUT2D eigenvalue weighted by Crippen LogP contribution is -1.94. The van der Waals surface area contributed by atoms with E-state index in [1.54, 1.807) is 6.07 Å². The molecule has 2 heterocycles. The SMILES string of the molecule is NCc1nnc(-c2ccoc2Cl)s1. The summed E-state index contributed by atoms with van der Waals surface area (Å²) in [5.41, 5.74) is 6.17. The topological polar surface area (TPSA) is 64.9 Å². The molecule has 2 rings (SSSR count). The zero-order valence-electron chi connectivity index (χ0n) is 6.53. The van der Waals surface area contributed by atoms with Crippen LogP contribution >= 0.6 is 22.9 Å². The van der Waals surface area contributed by atoms with E-state index in [0.717, 1.165) is 15.6 Å². The van der Waals surface area contributed by atoms with Crippen molar-refractivity contribution in [1.29, 1.82) is 0 Å². The Hall–Kier alpha value is -0.910. The van der Waals surface area contributed by atoms with Crippen molar-refractivity contribution in [2.45, 2.75) is 6.54 Å². The van der Waals surface area contributed by atoms with Crippen molar-refractivity contribution < 1.29 is 4.42 Å². The van der Waals surface area contributed by atoms with Crippen LogP contribution in [0.1, 0.15) is 5.01 Å². The predicted molar refractivity (Wildman–Crippen MR) is 50.5 cm³/mol. The van der Waals surface area contributed by atoms with Gasteiger partial charge in [0.05, 0.1) is 11.8 Å². The van der Waals surface area contributed by atoms with Gasteiger partial charge in [-0.15, -0.1) is 10.2 Å². The van der Waals surface area contributed by atoms with Gasteiger partial charge in [-0.05, 0) is 17.7 Å². The summed E-state index contributed by atoms with van der Waals surface area (Å²) in [7, 11) is 0. The molecule has 0 aliphatic rings. The molecule has 0 fully saturated rings. The summed E-state index contributed by atoms with van der Waals surface area (Å²) < 4.78 is 4.93. The molecule has 0 radical (unpaired) electrons. The maximum atomic E-state index is 5.77. The Morgan fingerprint density at radius 3 is 2.92 bits per heavy atom. The van der Waals surface area contributed by atoms with E-state index in [1.807, 2.05) is 0 Å². The highest BCUT2D eigenvalue weighted by Gasteiger charge is 2.11. The quantitative estimate of drug-likeness (QED) is 0.831. The van der Waals surface area contributed by atoms with E-state index in [0.29, 0.717) is 11.8 Å². The van der Waals surface area contributed by atoms with Gasteiger partial charge in [0.25, 0.3) is 0 Å². The predicted octanol–water partition coefficient (Wildman–Crippen LogP) is 1.91. The molecule has 0 saturated carbocycles. The van der Waals surface area contributed by atoms with Crippen LogP contribution in [-0.4, -0.2) is 10.2 Å². The van der Waals surface area contributed by atoms with E-state index in [2.05, 4.69) is 10.2 Å². The number of rotatable bonds is 2. The molecule has 2 N–H and O–H groups in total. The van der Waals surface area contributed by atoms with E-state index in [4.69, 9.17) is 21.8 Å². The average Bonchev–Trinajstić information content (AvgIpc) is 2.71. The lowest BCUT2D eigenvalue weighted by molar-refractivity contribution is 0.570. The van der Waals surface area contributed by atoms with Crippen molar-refractivity contribution in [3.05, 3.63) is 22.6 Å². The number of aromatic nitrogens is 2. The highest BCUT2D eigenvalue weighted by Crippen LogP contribution is 2.30. The summed E-state index contributed by atoms with van der Waals surface area (Å²) >= 11 is 7.18. The van der Waals surface area contributed by atoms with Crippen LogP contribution in [0.5, 0.6) is 0 Å². The van der Waals surface area contributed by atoms with Crippen LogP contribution in [0.15, 0.2) is 16.7 Å². The molecule has 0 aromatic carbocycles. The van der Waals surface area contributed by atoms with Gasteiger partial charge in [0, 0.05) is 6.54 Å². The van der Waals surface area contributed by atoms with E-state index in [9.17, 15) is 0 Å². The van der Waals surface area contributed by atoms with Gasteiger partial charge in [-0.3, -0.25) is 0 Å². The highest BCUT2D eigenvalue weighted by molar-refractivity contribution is 7.14. The van der Waals surface area contributed by atoms with Gasteiger partial charge >= 0.3 is 0 Å². The minimum absolute atomic E-state index is 0.333. The number of nitrogens with zero attached hydrogens (tertiary/aromatic N) is 2. The minimum atomic E-state index is 0.333. The third kappa shape index (κ3) is 1.58. The van der Waals surface area contributed by atoms with Crippen molar-refractivity contribution in [2.24, 2.45) is 5.73 Å². The molecular formula is C7H6ClN3OS. The average molecular weight is 216 g/mol. The van der Waals surface area contributed by atoms with Crippen molar-refractivity contribution in [2.75, 3.05) is 0 Å². The summed E-state index contributed by atoms with van der Waals surface area (Å²) in [6, 6.07) is 1.75. The van der Waals surface area contributed by atoms with Crippen molar-refractivity contribution in [3.63, 3.8) is 0 Å². The molecule has 0 spiro atoms. The Kier molecular flexibility index (Phi) is 2.30. The number of hydrogen-bond acceptors (Lipinski definition) is 5. The van der Waals surface area contributed by atoms with E-state index < -0.39 is 0 Å². The Morgan fingerprint density at radius 1 is 1.54 bits per heavy atom.